The summed E-state index contributed by atoms with van der Waals surface area (Å²) in [6, 6.07) is 12.9. The predicted molar refractivity (Wildman–Crippen MR) is 157 cm³/mol. The van der Waals surface area contributed by atoms with E-state index in [1.54, 1.807) is 51.0 Å². The highest BCUT2D eigenvalue weighted by molar-refractivity contribution is 6.32. The molecule has 0 spiro atoms. The highest BCUT2D eigenvalue weighted by Gasteiger charge is 2.22. The highest BCUT2D eigenvalue weighted by Crippen LogP contribution is 2.39. The number of piperazine rings is 1. The number of ether oxygens (including phenoxy) is 3. The fraction of sp³-hybridized carbons (Fsp3) is 0.250. The molecule has 12 nitrogen and oxygen atoms in total. The standard InChI is InChI=1S/C28H28ClN9O3/c1-39-22-13-18(29)21(14-23(22)40-2)41-27-15-24(32-16-25-33-19-5-3-4-6-20(19)34-25)35-28(36-27)38-11-9-37(10-12-38)26-17-30-7-8-31-26/h3-8,13-15,17H,9-12,16H2,1-2H3,(H,33,34)(H,32,35,36). The quantitative estimate of drug-likeness (QED) is 0.258. The van der Waals surface area contributed by atoms with Crippen LogP contribution in [0.1, 0.15) is 5.82 Å². The average Bonchev–Trinajstić information content (AvgIpc) is 3.44. The number of nitrogens with zero attached hydrogens (tertiary/aromatic N) is 7. The Morgan fingerprint density at radius 1 is 0.902 bits per heavy atom. The molecule has 6 rings (SSSR count). The second-order valence-electron chi connectivity index (χ2n) is 9.22. The molecular formula is C28H28ClN9O3. The number of imidazole rings is 1. The number of nitrogens with one attached hydrogen (secondary N) is 2. The fourth-order valence-electron chi connectivity index (χ4n) is 4.58. The number of H-pyrrole nitrogens is 1. The van der Waals surface area contributed by atoms with Crippen LogP contribution in [0.4, 0.5) is 17.6 Å². The molecule has 2 N–H and O–H groups in total. The molecule has 0 radical (unpaired) electrons. The second kappa shape index (κ2) is 11.7. The molecule has 210 valence electrons. The minimum atomic E-state index is 0.326. The van der Waals surface area contributed by atoms with Gasteiger partial charge in [-0.25, -0.2) is 9.97 Å². The van der Waals surface area contributed by atoms with Crippen LogP contribution in [0.2, 0.25) is 5.02 Å². The van der Waals surface area contributed by atoms with Crippen LogP contribution < -0.4 is 29.3 Å². The van der Waals surface area contributed by atoms with Gasteiger partial charge in [0.2, 0.25) is 11.8 Å². The summed E-state index contributed by atoms with van der Waals surface area (Å²) in [7, 11) is 3.11. The van der Waals surface area contributed by atoms with Crippen LogP contribution >= 0.6 is 11.6 Å². The number of para-hydroxylation sites is 2. The third-order valence-electron chi connectivity index (χ3n) is 6.65. The first-order valence-corrected chi connectivity index (χ1v) is 13.4. The molecule has 5 aromatic rings. The lowest BCUT2D eigenvalue weighted by Crippen LogP contribution is -2.47. The Morgan fingerprint density at radius 2 is 1.68 bits per heavy atom. The lowest BCUT2D eigenvalue weighted by Gasteiger charge is -2.35. The fourth-order valence-corrected chi connectivity index (χ4v) is 4.77. The number of benzene rings is 2. The van der Waals surface area contributed by atoms with Gasteiger partial charge in [-0.3, -0.25) is 4.98 Å². The second-order valence-corrected chi connectivity index (χ2v) is 9.63. The summed E-state index contributed by atoms with van der Waals surface area (Å²) >= 11 is 6.51. The summed E-state index contributed by atoms with van der Waals surface area (Å²) in [5.41, 5.74) is 1.88. The first-order valence-electron chi connectivity index (χ1n) is 13.0. The van der Waals surface area contributed by atoms with Gasteiger partial charge in [0.15, 0.2) is 17.2 Å². The Hall–Kier alpha value is -4.84. The molecule has 0 atom stereocenters. The van der Waals surface area contributed by atoms with Crippen LogP contribution in [-0.2, 0) is 6.54 Å². The lowest BCUT2D eigenvalue weighted by molar-refractivity contribution is 0.351. The zero-order valence-electron chi connectivity index (χ0n) is 22.5. The monoisotopic (exact) mass is 573 g/mol. The van der Waals surface area contributed by atoms with Gasteiger partial charge in [0.1, 0.15) is 17.5 Å². The zero-order chi connectivity index (χ0) is 28.2. The Kier molecular flexibility index (Phi) is 7.54. The number of aromatic amines is 1. The predicted octanol–water partition coefficient (Wildman–Crippen LogP) is 4.54. The number of rotatable bonds is 9. The Balaban J connectivity index is 1.26. The number of fused-ring (bicyclic) bond motifs is 1. The maximum Gasteiger partial charge on any atom is 0.230 e. The van der Waals surface area contributed by atoms with Gasteiger partial charge in [-0.2, -0.15) is 9.97 Å². The average molecular weight is 574 g/mol. The first kappa shape index (κ1) is 26.4. The van der Waals surface area contributed by atoms with E-state index in [1.807, 2.05) is 24.3 Å². The van der Waals surface area contributed by atoms with Gasteiger partial charge < -0.3 is 34.3 Å². The molecule has 0 bridgehead atoms. The largest absolute Gasteiger partial charge is 0.493 e. The van der Waals surface area contributed by atoms with E-state index < -0.39 is 0 Å². The Labute approximate surface area is 241 Å². The van der Waals surface area contributed by atoms with Gasteiger partial charge >= 0.3 is 0 Å². The minimum Gasteiger partial charge on any atom is -0.493 e. The smallest absolute Gasteiger partial charge is 0.230 e. The van der Waals surface area contributed by atoms with Crippen LogP contribution in [0.5, 0.6) is 23.1 Å². The van der Waals surface area contributed by atoms with E-state index in [2.05, 4.69) is 35.1 Å². The molecule has 2 aromatic carbocycles. The summed E-state index contributed by atoms with van der Waals surface area (Å²) in [5.74, 6) is 4.45. The Bertz CT molecular complexity index is 1610. The van der Waals surface area contributed by atoms with Crippen LogP contribution in [-0.4, -0.2) is 70.3 Å². The van der Waals surface area contributed by atoms with Crippen LogP contribution in [0.3, 0.4) is 0 Å². The van der Waals surface area contributed by atoms with E-state index >= 15 is 0 Å². The molecule has 0 amide bonds. The van der Waals surface area contributed by atoms with E-state index in [9.17, 15) is 0 Å². The van der Waals surface area contributed by atoms with Crippen molar-refractivity contribution in [2.45, 2.75) is 6.54 Å². The summed E-state index contributed by atoms with van der Waals surface area (Å²) < 4.78 is 17.0. The van der Waals surface area contributed by atoms with E-state index in [1.165, 1.54) is 0 Å². The number of hydrogen-bond acceptors (Lipinski definition) is 11. The van der Waals surface area contributed by atoms with E-state index in [-0.39, 0.29) is 0 Å². The molecule has 41 heavy (non-hydrogen) atoms. The van der Waals surface area contributed by atoms with Crippen LogP contribution in [0.25, 0.3) is 11.0 Å². The van der Waals surface area contributed by atoms with Gasteiger partial charge in [-0.05, 0) is 12.1 Å². The molecule has 13 heteroatoms. The van der Waals surface area contributed by atoms with E-state index in [0.717, 1.165) is 35.8 Å². The minimum absolute atomic E-state index is 0.326. The topological polar surface area (TPSA) is 126 Å². The van der Waals surface area contributed by atoms with Crippen molar-refractivity contribution >= 4 is 40.2 Å². The van der Waals surface area contributed by atoms with Gasteiger partial charge in [0.25, 0.3) is 0 Å². The number of methoxy groups -OCH3 is 2. The van der Waals surface area contributed by atoms with Crippen LogP contribution in [0, 0.1) is 0 Å². The summed E-state index contributed by atoms with van der Waals surface area (Å²) in [6.45, 7) is 3.31. The molecule has 0 aliphatic carbocycles. The third-order valence-corrected chi connectivity index (χ3v) is 6.95. The molecule has 1 saturated heterocycles. The number of hydrogen-bond donors (Lipinski definition) is 2. The number of anilines is 3. The van der Waals surface area contributed by atoms with Crippen molar-refractivity contribution in [3.8, 4) is 23.1 Å². The molecule has 1 fully saturated rings. The first-order chi connectivity index (χ1) is 20.1. The highest BCUT2D eigenvalue weighted by atomic mass is 35.5. The SMILES string of the molecule is COc1cc(Cl)c(Oc2cc(NCc3nc4ccccc4[nH]3)nc(N3CCN(c4cnccn4)CC3)n2)cc1OC. The summed E-state index contributed by atoms with van der Waals surface area (Å²) in [6.07, 6.45) is 5.14. The van der Waals surface area contributed by atoms with Crippen molar-refractivity contribution in [2.75, 3.05) is 55.5 Å². The van der Waals surface area contributed by atoms with Crippen molar-refractivity contribution in [3.05, 3.63) is 71.9 Å². The van der Waals surface area contributed by atoms with Gasteiger partial charge in [-0.15, -0.1) is 0 Å². The van der Waals surface area contributed by atoms with E-state index in [4.69, 9.17) is 35.8 Å². The van der Waals surface area contributed by atoms with E-state index in [0.29, 0.717) is 59.6 Å². The molecule has 0 unspecified atom stereocenters. The van der Waals surface area contributed by atoms with Crippen molar-refractivity contribution < 1.29 is 14.2 Å². The van der Waals surface area contributed by atoms with Crippen molar-refractivity contribution in [1.29, 1.82) is 0 Å². The molecule has 1 aliphatic rings. The molecule has 1 aliphatic heterocycles. The van der Waals surface area contributed by atoms with Gasteiger partial charge in [0.05, 0.1) is 43.0 Å². The Morgan fingerprint density at radius 3 is 2.44 bits per heavy atom. The third kappa shape index (κ3) is 5.87. The van der Waals surface area contributed by atoms with Gasteiger partial charge in [-0.1, -0.05) is 23.7 Å². The maximum absolute atomic E-state index is 6.51. The number of aromatic nitrogens is 6. The van der Waals surface area contributed by atoms with Crippen molar-refractivity contribution in [2.24, 2.45) is 0 Å². The molecule has 4 heterocycles. The van der Waals surface area contributed by atoms with Crippen molar-refractivity contribution in [1.82, 2.24) is 29.9 Å². The molecule has 0 saturated carbocycles. The molecule has 3 aromatic heterocycles. The van der Waals surface area contributed by atoms with Crippen LogP contribution in [0.15, 0.2) is 61.1 Å². The zero-order valence-corrected chi connectivity index (χ0v) is 23.3. The van der Waals surface area contributed by atoms with Crippen molar-refractivity contribution in [3.63, 3.8) is 0 Å². The number of halogens is 1. The lowest BCUT2D eigenvalue weighted by atomic mass is 10.3. The summed E-state index contributed by atoms with van der Waals surface area (Å²) in [5, 5.41) is 3.72. The van der Waals surface area contributed by atoms with Gasteiger partial charge in [0, 0.05) is 56.8 Å². The summed E-state index contributed by atoms with van der Waals surface area (Å²) in [4.78, 5) is 30.4. The molecular weight excluding hydrogens is 546 g/mol. The maximum atomic E-state index is 6.51. The normalized spacial score (nSPS) is 13.3.